The van der Waals surface area contributed by atoms with Crippen molar-refractivity contribution in [2.75, 3.05) is 6.54 Å². The van der Waals surface area contributed by atoms with Crippen LogP contribution >= 0.6 is 0 Å². The van der Waals surface area contributed by atoms with Gasteiger partial charge in [-0.15, -0.1) is 0 Å². The van der Waals surface area contributed by atoms with Crippen molar-refractivity contribution in [2.24, 2.45) is 5.73 Å². The zero-order valence-electron chi connectivity index (χ0n) is 8.84. The number of benzene rings is 1. The van der Waals surface area contributed by atoms with Crippen molar-refractivity contribution in [1.82, 2.24) is 0 Å². The highest BCUT2D eigenvalue weighted by molar-refractivity contribution is 5.79. The van der Waals surface area contributed by atoms with Crippen LogP contribution in [0.25, 0.3) is 0 Å². The number of rotatable bonds is 2. The second kappa shape index (κ2) is 5.51. The number of hydrogen-bond donors (Lipinski definition) is 1. The Kier molecular flexibility index (Phi) is 4.30. The number of hydrogen-bond acceptors (Lipinski definition) is 2. The third-order valence-corrected chi connectivity index (χ3v) is 2.00. The van der Waals surface area contributed by atoms with Crippen molar-refractivity contribution < 1.29 is 18.0 Å². The van der Waals surface area contributed by atoms with E-state index in [1.54, 1.807) is 0 Å². The van der Waals surface area contributed by atoms with Crippen LogP contribution in [0.3, 0.4) is 0 Å². The van der Waals surface area contributed by atoms with Gasteiger partial charge in [0.15, 0.2) is 6.29 Å². The minimum atomic E-state index is -4.46. The molecule has 0 heterocycles. The second-order valence-electron chi connectivity index (χ2n) is 3.26. The van der Waals surface area contributed by atoms with Gasteiger partial charge < -0.3 is 5.73 Å². The molecule has 0 radical (unpaired) electrons. The minimum Gasteiger partial charge on any atom is -0.330 e. The monoisotopic (exact) mass is 241 g/mol. The lowest BCUT2D eigenvalue weighted by molar-refractivity contribution is -0.137. The highest BCUT2D eigenvalue weighted by Gasteiger charge is 2.30. The van der Waals surface area contributed by atoms with E-state index in [2.05, 4.69) is 11.8 Å². The molecule has 1 aromatic carbocycles. The van der Waals surface area contributed by atoms with Crippen molar-refractivity contribution in [2.45, 2.75) is 12.6 Å². The van der Waals surface area contributed by atoms with Crippen LogP contribution < -0.4 is 5.73 Å². The van der Waals surface area contributed by atoms with Gasteiger partial charge in [-0.05, 0) is 18.2 Å². The maximum Gasteiger partial charge on any atom is 0.416 e. The summed E-state index contributed by atoms with van der Waals surface area (Å²) in [7, 11) is 0. The van der Waals surface area contributed by atoms with Crippen molar-refractivity contribution in [1.29, 1.82) is 0 Å². The summed E-state index contributed by atoms with van der Waals surface area (Å²) < 4.78 is 37.1. The highest BCUT2D eigenvalue weighted by atomic mass is 19.4. The highest BCUT2D eigenvalue weighted by Crippen LogP contribution is 2.30. The SMILES string of the molecule is NCCC#Cc1ccc(C(F)(F)F)cc1C=O. The lowest BCUT2D eigenvalue weighted by Crippen LogP contribution is -2.06. The maximum atomic E-state index is 12.4. The predicted molar refractivity (Wildman–Crippen MR) is 57.4 cm³/mol. The average molecular weight is 241 g/mol. The molecule has 0 aromatic heterocycles. The van der Waals surface area contributed by atoms with Crippen LogP contribution in [-0.4, -0.2) is 12.8 Å². The Morgan fingerprint density at radius 1 is 1.35 bits per heavy atom. The summed E-state index contributed by atoms with van der Waals surface area (Å²) in [6.07, 6.45) is -3.66. The van der Waals surface area contributed by atoms with E-state index in [1.165, 1.54) is 6.07 Å². The van der Waals surface area contributed by atoms with E-state index in [0.717, 1.165) is 12.1 Å². The molecule has 0 fully saturated rings. The van der Waals surface area contributed by atoms with Gasteiger partial charge in [-0.25, -0.2) is 0 Å². The van der Waals surface area contributed by atoms with E-state index in [1.807, 2.05) is 0 Å². The van der Waals surface area contributed by atoms with Gasteiger partial charge >= 0.3 is 6.18 Å². The molecule has 0 bridgehead atoms. The molecule has 90 valence electrons. The zero-order valence-corrected chi connectivity index (χ0v) is 8.84. The molecule has 0 aliphatic heterocycles. The molecule has 0 atom stereocenters. The standard InChI is InChI=1S/C12H10F3NO/c13-12(14,15)11-5-4-9(3-1-2-6-16)10(7-11)8-17/h4-5,7-8H,2,6,16H2. The largest absolute Gasteiger partial charge is 0.416 e. The van der Waals surface area contributed by atoms with E-state index in [-0.39, 0.29) is 11.1 Å². The van der Waals surface area contributed by atoms with Crippen molar-refractivity contribution >= 4 is 6.29 Å². The van der Waals surface area contributed by atoms with Crippen LogP contribution in [0.2, 0.25) is 0 Å². The Labute approximate surface area is 96.6 Å². The number of nitrogens with two attached hydrogens (primary N) is 1. The summed E-state index contributed by atoms with van der Waals surface area (Å²) >= 11 is 0. The summed E-state index contributed by atoms with van der Waals surface area (Å²) in [4.78, 5) is 10.7. The van der Waals surface area contributed by atoms with E-state index >= 15 is 0 Å². The van der Waals surface area contributed by atoms with Gasteiger partial charge in [0.1, 0.15) is 0 Å². The molecule has 0 aliphatic carbocycles. The van der Waals surface area contributed by atoms with Crippen LogP contribution in [0.4, 0.5) is 13.2 Å². The molecular formula is C12H10F3NO. The molecule has 0 spiro atoms. The quantitative estimate of drug-likeness (QED) is 0.637. The van der Waals surface area contributed by atoms with Crippen LogP contribution in [0.5, 0.6) is 0 Å². The van der Waals surface area contributed by atoms with Crippen LogP contribution in [0, 0.1) is 11.8 Å². The first-order valence-electron chi connectivity index (χ1n) is 4.84. The summed E-state index contributed by atoms with van der Waals surface area (Å²) in [5, 5.41) is 0. The minimum absolute atomic E-state index is 0.0654. The summed E-state index contributed by atoms with van der Waals surface area (Å²) in [6, 6.07) is 2.88. The van der Waals surface area contributed by atoms with Gasteiger partial charge in [0, 0.05) is 24.1 Å². The summed E-state index contributed by atoms with van der Waals surface area (Å²) in [6.45, 7) is 0.365. The first-order chi connectivity index (χ1) is 7.99. The molecule has 0 saturated carbocycles. The van der Waals surface area contributed by atoms with Crippen molar-refractivity contribution in [3.63, 3.8) is 0 Å². The molecule has 2 N–H and O–H groups in total. The third-order valence-electron chi connectivity index (χ3n) is 2.00. The van der Waals surface area contributed by atoms with Crippen molar-refractivity contribution in [3.8, 4) is 11.8 Å². The third kappa shape index (κ3) is 3.61. The fourth-order valence-electron chi connectivity index (χ4n) is 1.18. The molecule has 0 aliphatic rings. The summed E-state index contributed by atoms with van der Waals surface area (Å²) in [5.41, 5.74) is 4.58. The first kappa shape index (κ1) is 13.3. The Bertz CT molecular complexity index is 469. The van der Waals surface area contributed by atoms with Crippen LogP contribution in [0.15, 0.2) is 18.2 Å². The lowest BCUT2D eigenvalue weighted by atomic mass is 10.0. The van der Waals surface area contributed by atoms with Gasteiger partial charge in [0.2, 0.25) is 0 Å². The molecule has 17 heavy (non-hydrogen) atoms. The maximum absolute atomic E-state index is 12.4. The normalized spacial score (nSPS) is 10.6. The van der Waals surface area contributed by atoms with E-state index in [0.29, 0.717) is 19.3 Å². The number of alkyl halides is 3. The van der Waals surface area contributed by atoms with E-state index in [9.17, 15) is 18.0 Å². The second-order valence-corrected chi connectivity index (χ2v) is 3.26. The molecule has 2 nitrogen and oxygen atoms in total. The fourth-order valence-corrected chi connectivity index (χ4v) is 1.18. The topological polar surface area (TPSA) is 43.1 Å². The molecule has 0 unspecified atom stereocenters. The molecule has 1 rings (SSSR count). The number of halogens is 3. The first-order valence-corrected chi connectivity index (χ1v) is 4.84. The van der Waals surface area contributed by atoms with Gasteiger partial charge in [0.25, 0.3) is 0 Å². The van der Waals surface area contributed by atoms with Crippen LogP contribution in [0.1, 0.15) is 27.9 Å². The molecule has 0 amide bonds. The Morgan fingerprint density at radius 3 is 2.59 bits per heavy atom. The fraction of sp³-hybridized carbons (Fsp3) is 0.250. The zero-order chi connectivity index (χ0) is 12.9. The van der Waals surface area contributed by atoms with E-state index in [4.69, 9.17) is 5.73 Å². The summed E-state index contributed by atoms with van der Waals surface area (Å²) in [5.74, 6) is 5.28. The Balaban J connectivity index is 3.12. The average Bonchev–Trinajstić information content (AvgIpc) is 2.28. The predicted octanol–water partition coefficient (Wildman–Crippen LogP) is 2.22. The lowest BCUT2D eigenvalue weighted by Gasteiger charge is -2.07. The number of aldehydes is 1. The van der Waals surface area contributed by atoms with Gasteiger partial charge in [-0.1, -0.05) is 11.8 Å². The van der Waals surface area contributed by atoms with Crippen molar-refractivity contribution in [3.05, 3.63) is 34.9 Å². The number of carbonyl (C=O) groups is 1. The Hall–Kier alpha value is -1.80. The van der Waals surface area contributed by atoms with Gasteiger partial charge in [-0.3, -0.25) is 4.79 Å². The number of carbonyl (C=O) groups excluding carboxylic acids is 1. The van der Waals surface area contributed by atoms with Crippen LogP contribution in [-0.2, 0) is 6.18 Å². The molecule has 1 aromatic rings. The molecule has 5 heteroatoms. The molecular weight excluding hydrogens is 231 g/mol. The smallest absolute Gasteiger partial charge is 0.330 e. The molecule has 0 saturated heterocycles. The Morgan fingerprint density at radius 2 is 2.06 bits per heavy atom. The van der Waals surface area contributed by atoms with E-state index < -0.39 is 11.7 Å². The van der Waals surface area contributed by atoms with Gasteiger partial charge in [-0.2, -0.15) is 13.2 Å². The van der Waals surface area contributed by atoms with Gasteiger partial charge in [0.05, 0.1) is 5.56 Å².